The molecule has 4 atom stereocenters. The van der Waals surface area contributed by atoms with Crippen LogP contribution in [0.2, 0.25) is 0 Å². The molecule has 2 aromatic heterocycles. The second-order valence-corrected chi connectivity index (χ2v) is 18.7. The minimum atomic E-state index is -0.690. The number of alkyl carbamates (subject to hydrolysis) is 1. The third-order valence-corrected chi connectivity index (χ3v) is 13.7. The summed E-state index contributed by atoms with van der Waals surface area (Å²) < 4.78 is 4.83. The number of likely N-dealkylation sites (tertiary alicyclic amines) is 2. The first-order valence-electron chi connectivity index (χ1n) is 21.6. The summed E-state index contributed by atoms with van der Waals surface area (Å²) in [6.45, 7) is 11.6. The molecule has 4 heterocycles. The number of ether oxygens (including phenoxy) is 1. The molecule has 0 unspecified atom stereocenters. The van der Waals surface area contributed by atoms with Crippen LogP contribution in [0.1, 0.15) is 108 Å². The summed E-state index contributed by atoms with van der Waals surface area (Å²) in [6.07, 6.45) is 5.68. The van der Waals surface area contributed by atoms with Gasteiger partial charge in [-0.15, -0.1) is 0 Å². The van der Waals surface area contributed by atoms with Crippen LogP contribution >= 0.6 is 54.0 Å². The van der Waals surface area contributed by atoms with E-state index in [-0.39, 0.29) is 106 Å². The Labute approximate surface area is 404 Å². The van der Waals surface area contributed by atoms with Gasteiger partial charge in [0.1, 0.15) is 17.7 Å². The first-order valence-corrected chi connectivity index (χ1v) is 21.6. The number of aromatic nitrogens is 4. The highest BCUT2D eigenvalue weighted by molar-refractivity contribution is 7.59. The summed E-state index contributed by atoms with van der Waals surface area (Å²) in [5.41, 5.74) is 7.60. The Morgan fingerprint density at radius 1 is 0.703 bits per heavy atom. The molecule has 3 aromatic carbocycles. The predicted octanol–water partition coefficient (Wildman–Crippen LogP) is 9.25. The Kier molecular flexibility index (Phi) is 15.7. The zero-order chi connectivity index (χ0) is 41.9. The molecule has 0 bridgehead atoms. The number of amides is 3. The zero-order valence-electron chi connectivity index (χ0n) is 37.5. The van der Waals surface area contributed by atoms with E-state index in [1.54, 1.807) is 0 Å². The lowest BCUT2D eigenvalue weighted by Gasteiger charge is -2.30. The standard InChI is InChI=1S/C49H55N7O4.4H2S/c1-29(2)31(5)45(57)55-27-48(20-21-48)26-39(55)44-52-41(34-10-8-7-9-11-34)42(53-44)35-17-14-32(15-18-35)12-13-33-16-19-36-37(24-33)51-43(50-36)38-25-49(22-23-49)28-56(38)46(58)40(30(3)4)54-47(59)60-6;;;;/h7-11,14-19,24,29-31,38-40H,20-23,25-28H2,1-6H3,(H,50,51)(H,52,53)(H,54,59);4*1H2/t31-,38-,39-,40-;;;;/m0..../s1. The zero-order valence-corrected chi connectivity index (χ0v) is 41.5. The van der Waals surface area contributed by atoms with Crippen LogP contribution in [0.15, 0.2) is 72.8 Å². The average molecular weight is 942 g/mol. The third-order valence-electron chi connectivity index (χ3n) is 13.7. The van der Waals surface area contributed by atoms with Gasteiger partial charge >= 0.3 is 6.09 Å². The van der Waals surface area contributed by atoms with E-state index in [9.17, 15) is 14.4 Å². The van der Waals surface area contributed by atoms with E-state index in [1.165, 1.54) is 20.0 Å². The summed E-state index contributed by atoms with van der Waals surface area (Å²) in [7, 11) is 1.31. The Morgan fingerprint density at radius 2 is 1.27 bits per heavy atom. The molecule has 2 saturated carbocycles. The second kappa shape index (κ2) is 19.9. The van der Waals surface area contributed by atoms with Crippen LogP contribution < -0.4 is 5.32 Å². The monoisotopic (exact) mass is 941 g/mol. The lowest BCUT2D eigenvalue weighted by molar-refractivity contribution is -0.137. The molecule has 9 rings (SSSR count). The molecule has 11 nitrogen and oxygen atoms in total. The smallest absolute Gasteiger partial charge is 0.407 e. The van der Waals surface area contributed by atoms with Crippen molar-refractivity contribution in [3.05, 3.63) is 95.6 Å². The number of H-pyrrole nitrogens is 2. The number of carbonyl (C=O) groups is 3. The van der Waals surface area contributed by atoms with Crippen LogP contribution in [-0.2, 0) is 14.3 Å². The molecule has 64 heavy (non-hydrogen) atoms. The molecular formula is C49H63N7O4S4. The van der Waals surface area contributed by atoms with Gasteiger partial charge in [-0.2, -0.15) is 54.0 Å². The minimum absolute atomic E-state index is 0. The van der Waals surface area contributed by atoms with Gasteiger partial charge in [0.2, 0.25) is 11.8 Å². The molecule has 4 fully saturated rings. The summed E-state index contributed by atoms with van der Waals surface area (Å²) in [5.74, 6) is 8.53. The summed E-state index contributed by atoms with van der Waals surface area (Å²) in [6, 6.07) is 23.5. The van der Waals surface area contributed by atoms with Crippen molar-refractivity contribution in [2.75, 3.05) is 20.2 Å². The number of nitrogens with zero attached hydrogens (tertiary/aromatic N) is 4. The number of carbonyl (C=O) groups excluding carboxylic acids is 3. The molecule has 2 spiro atoms. The van der Waals surface area contributed by atoms with Gasteiger partial charge in [-0.3, -0.25) is 9.59 Å². The largest absolute Gasteiger partial charge is 0.453 e. The molecule has 342 valence electrons. The first kappa shape index (κ1) is 50.5. The summed E-state index contributed by atoms with van der Waals surface area (Å²) >= 11 is 0. The van der Waals surface area contributed by atoms with Crippen molar-refractivity contribution in [3.63, 3.8) is 0 Å². The molecular weight excluding hydrogens is 879 g/mol. The Morgan fingerprint density at radius 3 is 1.83 bits per heavy atom. The van der Waals surface area contributed by atoms with E-state index in [0.717, 1.165) is 88.6 Å². The van der Waals surface area contributed by atoms with Crippen molar-refractivity contribution in [2.24, 2.45) is 28.6 Å². The van der Waals surface area contributed by atoms with Crippen LogP contribution in [0.5, 0.6) is 0 Å². The Balaban J connectivity index is 0.00000193. The van der Waals surface area contributed by atoms with Gasteiger partial charge in [0, 0.05) is 41.3 Å². The van der Waals surface area contributed by atoms with Crippen LogP contribution in [0, 0.1) is 40.4 Å². The number of rotatable bonds is 9. The fraction of sp³-hybridized carbons (Fsp3) is 0.449. The number of aromatic amines is 2. The predicted molar refractivity (Wildman–Crippen MR) is 273 cm³/mol. The van der Waals surface area contributed by atoms with Gasteiger partial charge in [-0.05, 0) is 91.5 Å². The number of methoxy groups -OCH3 is 1. The number of fused-ring (bicyclic) bond motifs is 1. The average Bonchev–Trinajstić information content (AvgIpc) is 3.90. The molecule has 2 saturated heterocycles. The molecule has 3 amide bonds. The van der Waals surface area contributed by atoms with E-state index in [1.807, 2.05) is 67.3 Å². The van der Waals surface area contributed by atoms with Gasteiger partial charge in [-0.25, -0.2) is 14.8 Å². The lowest BCUT2D eigenvalue weighted by atomic mass is 9.96. The highest BCUT2D eigenvalue weighted by Crippen LogP contribution is 2.59. The van der Waals surface area contributed by atoms with Gasteiger partial charge in [0.15, 0.2) is 0 Å². The maximum absolute atomic E-state index is 13.9. The number of nitrogens with one attached hydrogen (secondary N) is 3. The third kappa shape index (κ3) is 10.0. The van der Waals surface area contributed by atoms with Crippen LogP contribution in [0.4, 0.5) is 4.79 Å². The number of imidazole rings is 2. The van der Waals surface area contributed by atoms with Crippen molar-refractivity contribution in [3.8, 4) is 34.4 Å². The van der Waals surface area contributed by atoms with Crippen molar-refractivity contribution >= 4 is 82.9 Å². The molecule has 5 aromatic rings. The number of hydrogen-bond acceptors (Lipinski definition) is 6. The fourth-order valence-electron chi connectivity index (χ4n) is 9.26. The van der Waals surface area contributed by atoms with E-state index in [4.69, 9.17) is 14.7 Å². The maximum atomic E-state index is 13.9. The minimum Gasteiger partial charge on any atom is -0.453 e. The maximum Gasteiger partial charge on any atom is 0.407 e. The van der Waals surface area contributed by atoms with Crippen LogP contribution in [0.3, 0.4) is 0 Å². The van der Waals surface area contributed by atoms with E-state index >= 15 is 0 Å². The van der Waals surface area contributed by atoms with E-state index in [2.05, 4.69) is 77.1 Å². The summed E-state index contributed by atoms with van der Waals surface area (Å²) in [5, 5.41) is 2.76. The number of hydrogen-bond donors (Lipinski definition) is 3. The fourth-order valence-corrected chi connectivity index (χ4v) is 9.26. The molecule has 2 aliphatic heterocycles. The lowest BCUT2D eigenvalue weighted by Crippen LogP contribution is -2.51. The Bertz CT molecular complexity index is 2520. The van der Waals surface area contributed by atoms with Gasteiger partial charge in [0.25, 0.3) is 0 Å². The Hall–Kier alpha value is -4.49. The van der Waals surface area contributed by atoms with E-state index in [0.29, 0.717) is 6.54 Å². The second-order valence-electron chi connectivity index (χ2n) is 18.7. The number of benzene rings is 3. The van der Waals surface area contributed by atoms with Gasteiger partial charge in [-0.1, -0.05) is 88.9 Å². The van der Waals surface area contributed by atoms with Crippen LogP contribution in [0.25, 0.3) is 33.5 Å². The molecule has 3 N–H and O–H groups in total. The molecule has 0 radical (unpaired) electrons. The van der Waals surface area contributed by atoms with Crippen molar-refractivity contribution in [1.29, 1.82) is 0 Å². The molecule has 4 aliphatic rings. The highest BCUT2D eigenvalue weighted by Gasteiger charge is 2.56. The van der Waals surface area contributed by atoms with Gasteiger partial charge in [0.05, 0.1) is 41.6 Å². The van der Waals surface area contributed by atoms with Crippen LogP contribution in [-0.4, -0.2) is 73.9 Å². The van der Waals surface area contributed by atoms with Crippen molar-refractivity contribution in [1.82, 2.24) is 35.1 Å². The summed E-state index contributed by atoms with van der Waals surface area (Å²) in [4.78, 5) is 61.3. The quantitative estimate of drug-likeness (QED) is 0.126. The van der Waals surface area contributed by atoms with Gasteiger partial charge < -0.3 is 29.8 Å². The topological polar surface area (TPSA) is 136 Å². The molecule has 2 aliphatic carbocycles. The highest BCUT2D eigenvalue weighted by atomic mass is 32.1. The van der Waals surface area contributed by atoms with Crippen molar-refractivity contribution in [2.45, 2.75) is 91.3 Å². The first-order chi connectivity index (χ1) is 28.8. The normalized spacial score (nSPS) is 19.4. The van der Waals surface area contributed by atoms with Crippen molar-refractivity contribution < 1.29 is 19.1 Å². The van der Waals surface area contributed by atoms with E-state index < -0.39 is 12.1 Å². The molecule has 15 heteroatoms. The SMILES string of the molecule is COC(=O)N[C@H](C(=O)N1CC2(CC2)C[C@H]1c1nc2ccc(C#Cc3ccc(-c4[nH]c([C@@H]5CC6(CC6)CN5C(=O)[C@@H](C)C(C)C)nc4-c4ccccc4)cc3)cc2[nH]1)C(C)C.S.S.S.S.